The van der Waals surface area contributed by atoms with Crippen LogP contribution in [-0.4, -0.2) is 37.1 Å². The van der Waals surface area contributed by atoms with E-state index in [1.165, 1.54) is 22.8 Å². The molecule has 0 atom stereocenters. The molecule has 2 aromatic carbocycles. The number of carbonyl (C=O) groups is 1. The van der Waals surface area contributed by atoms with Crippen molar-refractivity contribution in [3.8, 4) is 11.1 Å². The summed E-state index contributed by atoms with van der Waals surface area (Å²) in [5.41, 5.74) is 3.58. The lowest BCUT2D eigenvalue weighted by Crippen LogP contribution is -2.27. The van der Waals surface area contributed by atoms with Gasteiger partial charge in [-0.05, 0) is 36.2 Å². The summed E-state index contributed by atoms with van der Waals surface area (Å²) >= 11 is 0. The van der Waals surface area contributed by atoms with Gasteiger partial charge < -0.3 is 9.64 Å². The molecule has 0 saturated heterocycles. The highest BCUT2D eigenvalue weighted by Crippen LogP contribution is 2.19. The Hall–Kier alpha value is -2.39. The molecule has 0 aromatic heterocycles. The van der Waals surface area contributed by atoms with Gasteiger partial charge in [-0.15, -0.1) is 0 Å². The van der Waals surface area contributed by atoms with Gasteiger partial charge in [-0.25, -0.2) is 4.79 Å². The first-order chi connectivity index (χ1) is 12.2. The minimum Gasteiger partial charge on any atom is -0.461 e. The van der Waals surface area contributed by atoms with Crippen LogP contribution in [0.3, 0.4) is 0 Å². The molecule has 0 amide bonds. The number of hydrogen-bond donors (Lipinski definition) is 0. The normalized spacial score (nSPS) is 11.2. The Morgan fingerprint density at radius 2 is 1.60 bits per heavy atom. The monoisotopic (exact) mass is 337 g/mol. The Labute approximate surface area is 150 Å². The van der Waals surface area contributed by atoms with Gasteiger partial charge in [-0.1, -0.05) is 74.5 Å². The largest absolute Gasteiger partial charge is 0.461 e. The lowest BCUT2D eigenvalue weighted by molar-refractivity contribution is -0.138. The summed E-state index contributed by atoms with van der Waals surface area (Å²) in [5, 5.41) is 0. The van der Waals surface area contributed by atoms with Crippen LogP contribution in [-0.2, 0) is 16.0 Å². The van der Waals surface area contributed by atoms with Crippen LogP contribution in [0.25, 0.3) is 11.1 Å². The molecule has 25 heavy (non-hydrogen) atoms. The van der Waals surface area contributed by atoms with Crippen LogP contribution in [0.4, 0.5) is 0 Å². The van der Waals surface area contributed by atoms with Crippen molar-refractivity contribution in [3.63, 3.8) is 0 Å². The van der Waals surface area contributed by atoms with E-state index in [0.717, 1.165) is 26.1 Å². The number of hydrogen-bond acceptors (Lipinski definition) is 3. The maximum Gasteiger partial charge on any atom is 0.330 e. The van der Waals surface area contributed by atoms with Gasteiger partial charge in [0, 0.05) is 12.6 Å². The van der Waals surface area contributed by atoms with Crippen molar-refractivity contribution >= 4 is 5.97 Å². The molecule has 0 fully saturated rings. The minimum atomic E-state index is -0.270. The van der Waals surface area contributed by atoms with Crippen molar-refractivity contribution in [2.45, 2.75) is 20.3 Å². The number of carbonyl (C=O) groups excluding carboxylic acids is 1. The molecule has 0 heterocycles. The molecule has 2 aromatic rings. The minimum absolute atomic E-state index is 0.270. The third kappa shape index (κ3) is 6.55. The second kappa shape index (κ2) is 10.5. The molecule has 0 aliphatic heterocycles. The highest BCUT2D eigenvalue weighted by Gasteiger charge is 2.01. The van der Waals surface area contributed by atoms with E-state index in [-0.39, 0.29) is 5.97 Å². The van der Waals surface area contributed by atoms with Crippen molar-refractivity contribution < 1.29 is 9.53 Å². The molecule has 0 saturated carbocycles. The van der Waals surface area contributed by atoms with E-state index in [4.69, 9.17) is 4.74 Å². The van der Waals surface area contributed by atoms with Crippen molar-refractivity contribution in [1.82, 2.24) is 4.90 Å². The molecular weight excluding hydrogens is 310 g/mol. The highest BCUT2D eigenvalue weighted by molar-refractivity contribution is 5.81. The summed E-state index contributed by atoms with van der Waals surface area (Å²) in [5.74, 6) is -0.270. The van der Waals surface area contributed by atoms with E-state index in [0.29, 0.717) is 6.61 Å². The molecule has 0 aliphatic carbocycles. The van der Waals surface area contributed by atoms with Crippen molar-refractivity contribution in [1.29, 1.82) is 0 Å². The molecule has 132 valence electrons. The summed E-state index contributed by atoms with van der Waals surface area (Å²) in [6.45, 7) is 7.39. The van der Waals surface area contributed by atoms with Crippen LogP contribution in [0.5, 0.6) is 0 Å². The van der Waals surface area contributed by atoms with Gasteiger partial charge in [-0.3, -0.25) is 0 Å². The Morgan fingerprint density at radius 1 is 0.960 bits per heavy atom. The van der Waals surface area contributed by atoms with Gasteiger partial charge >= 0.3 is 5.97 Å². The summed E-state index contributed by atoms with van der Waals surface area (Å²) in [6.07, 6.45) is 4.10. The van der Waals surface area contributed by atoms with Crippen LogP contribution in [0.15, 0.2) is 66.7 Å². The summed E-state index contributed by atoms with van der Waals surface area (Å²) < 4.78 is 5.22. The lowest BCUT2D eigenvalue weighted by atomic mass is 10.0. The highest BCUT2D eigenvalue weighted by atomic mass is 16.5. The van der Waals surface area contributed by atoms with E-state index in [1.54, 1.807) is 0 Å². The molecule has 0 spiro atoms. The van der Waals surface area contributed by atoms with Gasteiger partial charge in [0.1, 0.15) is 6.61 Å². The third-order valence-corrected chi connectivity index (χ3v) is 4.21. The number of allylic oxidation sites excluding steroid dienone is 1. The van der Waals surface area contributed by atoms with Crippen molar-refractivity contribution in [2.24, 2.45) is 0 Å². The Balaban J connectivity index is 1.77. The topological polar surface area (TPSA) is 29.5 Å². The molecule has 2 rings (SSSR count). The van der Waals surface area contributed by atoms with E-state index < -0.39 is 0 Å². The van der Waals surface area contributed by atoms with Crippen molar-refractivity contribution in [2.75, 3.05) is 26.2 Å². The average molecular weight is 337 g/mol. The Kier molecular flexibility index (Phi) is 7.93. The molecular formula is C22H27NO2. The fourth-order valence-electron chi connectivity index (χ4n) is 2.62. The van der Waals surface area contributed by atoms with Gasteiger partial charge in [0.05, 0.1) is 0 Å². The molecule has 0 N–H and O–H groups in total. The van der Waals surface area contributed by atoms with Gasteiger partial charge in [0.25, 0.3) is 0 Å². The molecule has 3 heteroatoms. The van der Waals surface area contributed by atoms with Gasteiger partial charge in [0.2, 0.25) is 0 Å². The SMILES string of the molecule is CCN(CC)CCOC(=O)/C=C/Cc1ccc(-c2ccccc2)cc1. The van der Waals surface area contributed by atoms with Crippen LogP contribution in [0, 0.1) is 0 Å². The smallest absolute Gasteiger partial charge is 0.330 e. The number of benzene rings is 2. The number of ether oxygens (including phenoxy) is 1. The lowest BCUT2D eigenvalue weighted by Gasteiger charge is -2.16. The maximum absolute atomic E-state index is 11.7. The van der Waals surface area contributed by atoms with Crippen LogP contribution in [0.1, 0.15) is 19.4 Å². The second-order valence-electron chi connectivity index (χ2n) is 5.86. The van der Waals surface area contributed by atoms with Crippen LogP contribution < -0.4 is 0 Å². The Bertz CT molecular complexity index is 658. The average Bonchev–Trinajstić information content (AvgIpc) is 2.66. The fourth-order valence-corrected chi connectivity index (χ4v) is 2.62. The number of esters is 1. The summed E-state index contributed by atoms with van der Waals surface area (Å²) in [7, 11) is 0. The first kappa shape index (κ1) is 18.9. The first-order valence-corrected chi connectivity index (χ1v) is 8.93. The number of rotatable bonds is 9. The zero-order valence-electron chi connectivity index (χ0n) is 15.2. The molecule has 3 nitrogen and oxygen atoms in total. The predicted molar refractivity (Wildman–Crippen MR) is 103 cm³/mol. The van der Waals surface area contributed by atoms with Crippen LogP contribution in [0.2, 0.25) is 0 Å². The third-order valence-electron chi connectivity index (χ3n) is 4.21. The zero-order chi connectivity index (χ0) is 17.9. The maximum atomic E-state index is 11.7. The van der Waals surface area contributed by atoms with E-state index in [1.807, 2.05) is 24.3 Å². The molecule has 0 unspecified atom stereocenters. The number of likely N-dealkylation sites (N-methyl/N-ethyl adjacent to an activating group) is 1. The quantitative estimate of drug-likeness (QED) is 0.504. The molecule has 0 bridgehead atoms. The van der Waals surface area contributed by atoms with E-state index in [2.05, 4.69) is 55.1 Å². The van der Waals surface area contributed by atoms with Gasteiger partial charge in [-0.2, -0.15) is 0 Å². The zero-order valence-corrected chi connectivity index (χ0v) is 15.2. The standard InChI is InChI=1S/C22H27NO2/c1-3-23(4-2)17-18-25-22(24)12-8-9-19-13-15-21(16-14-19)20-10-6-5-7-11-20/h5-8,10-16H,3-4,9,17-18H2,1-2H3/b12-8+. The summed E-state index contributed by atoms with van der Waals surface area (Å²) in [4.78, 5) is 13.9. The number of nitrogens with zero attached hydrogens (tertiary/aromatic N) is 1. The summed E-state index contributed by atoms with van der Waals surface area (Å²) in [6, 6.07) is 18.7. The first-order valence-electron chi connectivity index (χ1n) is 8.93. The van der Waals surface area contributed by atoms with Crippen molar-refractivity contribution in [3.05, 3.63) is 72.3 Å². The van der Waals surface area contributed by atoms with Gasteiger partial charge in [0.15, 0.2) is 0 Å². The molecule has 0 aliphatic rings. The fraction of sp³-hybridized carbons (Fsp3) is 0.318. The van der Waals surface area contributed by atoms with Crippen LogP contribution >= 0.6 is 0 Å². The second-order valence-corrected chi connectivity index (χ2v) is 5.86. The van der Waals surface area contributed by atoms with E-state index >= 15 is 0 Å². The molecule has 0 radical (unpaired) electrons. The predicted octanol–water partition coefficient (Wildman–Crippen LogP) is 4.34. The van der Waals surface area contributed by atoms with E-state index in [9.17, 15) is 4.79 Å². The Morgan fingerprint density at radius 3 is 2.24 bits per heavy atom.